The molecule has 2 N–H and O–H groups in total. The summed E-state index contributed by atoms with van der Waals surface area (Å²) in [6.45, 7) is 2.07. The third-order valence-corrected chi connectivity index (χ3v) is 3.51. The fourth-order valence-corrected chi connectivity index (χ4v) is 2.33. The third-order valence-electron chi connectivity index (χ3n) is 3.23. The number of carbonyl (C=O) groups excluding carboxylic acids is 1. The molecule has 0 aromatic carbocycles. The van der Waals surface area contributed by atoms with E-state index in [1.165, 1.54) is 12.4 Å². The molecule has 8 nitrogen and oxygen atoms in total. The highest BCUT2D eigenvalue weighted by Gasteiger charge is 2.19. The van der Waals surface area contributed by atoms with Gasteiger partial charge >= 0.3 is 0 Å². The number of aromatic amines is 1. The third kappa shape index (κ3) is 3.10. The van der Waals surface area contributed by atoms with Gasteiger partial charge in [-0.25, -0.2) is 9.97 Å². The van der Waals surface area contributed by atoms with Crippen LogP contribution in [0.15, 0.2) is 12.4 Å². The standard InChI is InChI=1S/C12H14ClN7O/c13-9-7-15-12(20-3-1-2-4-20)17-10(9)11(21)14-5-8-6-16-19-18-8/h6-7H,1-5H2,(H,14,21)(H,16,18,19). The number of hydrogen-bond acceptors (Lipinski definition) is 6. The molecule has 0 radical (unpaired) electrons. The molecule has 9 heteroatoms. The van der Waals surface area contributed by atoms with Crippen LogP contribution in [0.25, 0.3) is 0 Å². The molecule has 110 valence electrons. The zero-order chi connectivity index (χ0) is 14.7. The minimum Gasteiger partial charge on any atom is -0.345 e. The Balaban J connectivity index is 1.73. The van der Waals surface area contributed by atoms with Crippen LogP contribution in [0.2, 0.25) is 5.02 Å². The Bertz CT molecular complexity index is 625. The van der Waals surface area contributed by atoms with E-state index in [-0.39, 0.29) is 23.2 Å². The van der Waals surface area contributed by atoms with Crippen molar-refractivity contribution in [1.82, 2.24) is 30.7 Å². The van der Waals surface area contributed by atoms with Crippen molar-refractivity contribution in [2.45, 2.75) is 19.4 Å². The maximum Gasteiger partial charge on any atom is 0.271 e. The average molecular weight is 308 g/mol. The van der Waals surface area contributed by atoms with Crippen LogP contribution in [0.1, 0.15) is 29.0 Å². The molecule has 0 bridgehead atoms. The number of halogens is 1. The number of nitrogens with zero attached hydrogens (tertiary/aromatic N) is 5. The molecule has 0 spiro atoms. The van der Waals surface area contributed by atoms with E-state index in [2.05, 4.69) is 30.7 Å². The lowest BCUT2D eigenvalue weighted by Gasteiger charge is -2.15. The van der Waals surface area contributed by atoms with E-state index in [0.29, 0.717) is 11.6 Å². The number of rotatable bonds is 4. The molecule has 3 rings (SSSR count). The van der Waals surface area contributed by atoms with Crippen LogP contribution in [0.4, 0.5) is 5.95 Å². The van der Waals surface area contributed by atoms with Gasteiger partial charge in [-0.15, -0.1) is 0 Å². The first kappa shape index (κ1) is 13.7. The van der Waals surface area contributed by atoms with Gasteiger partial charge in [0.2, 0.25) is 5.95 Å². The average Bonchev–Trinajstić information content (AvgIpc) is 3.18. The van der Waals surface area contributed by atoms with Crippen LogP contribution in [0.5, 0.6) is 0 Å². The second kappa shape index (κ2) is 6.04. The normalized spacial score (nSPS) is 14.4. The molecule has 2 aromatic rings. The largest absolute Gasteiger partial charge is 0.345 e. The summed E-state index contributed by atoms with van der Waals surface area (Å²) in [7, 11) is 0. The molecule has 1 aliphatic heterocycles. The fourth-order valence-electron chi connectivity index (χ4n) is 2.15. The lowest BCUT2D eigenvalue weighted by Crippen LogP contribution is -2.27. The van der Waals surface area contributed by atoms with Gasteiger partial charge in [0.25, 0.3) is 5.91 Å². The molecule has 0 unspecified atom stereocenters. The number of H-pyrrole nitrogens is 1. The zero-order valence-electron chi connectivity index (χ0n) is 11.2. The van der Waals surface area contributed by atoms with Crippen molar-refractivity contribution in [3.05, 3.63) is 28.8 Å². The second-order valence-electron chi connectivity index (χ2n) is 4.70. The molecule has 1 fully saturated rings. The number of anilines is 1. The monoisotopic (exact) mass is 307 g/mol. The highest BCUT2D eigenvalue weighted by atomic mass is 35.5. The van der Waals surface area contributed by atoms with Crippen LogP contribution < -0.4 is 10.2 Å². The molecule has 1 aliphatic rings. The molecule has 0 aliphatic carbocycles. The van der Waals surface area contributed by atoms with E-state index in [4.69, 9.17) is 11.6 Å². The SMILES string of the molecule is O=C(NCc1cn[nH]n1)c1nc(N2CCCC2)ncc1Cl. The van der Waals surface area contributed by atoms with Crippen molar-refractivity contribution >= 4 is 23.5 Å². The lowest BCUT2D eigenvalue weighted by atomic mass is 10.3. The number of hydrogen-bond donors (Lipinski definition) is 2. The summed E-state index contributed by atoms with van der Waals surface area (Å²) in [5.74, 6) is 0.189. The van der Waals surface area contributed by atoms with Gasteiger partial charge in [-0.3, -0.25) is 4.79 Å². The first-order chi connectivity index (χ1) is 10.2. The molecule has 21 heavy (non-hydrogen) atoms. The molecular weight excluding hydrogens is 294 g/mol. The lowest BCUT2D eigenvalue weighted by molar-refractivity contribution is 0.0945. The van der Waals surface area contributed by atoms with Gasteiger partial charge in [0.15, 0.2) is 5.69 Å². The van der Waals surface area contributed by atoms with E-state index in [1.807, 2.05) is 4.90 Å². The van der Waals surface area contributed by atoms with Crippen LogP contribution in [-0.2, 0) is 6.54 Å². The van der Waals surface area contributed by atoms with Crippen LogP contribution >= 0.6 is 11.6 Å². The summed E-state index contributed by atoms with van der Waals surface area (Å²) in [6.07, 6.45) is 5.23. The summed E-state index contributed by atoms with van der Waals surface area (Å²) >= 11 is 6.02. The van der Waals surface area contributed by atoms with Crippen LogP contribution in [0, 0.1) is 0 Å². The van der Waals surface area contributed by atoms with Crippen molar-refractivity contribution < 1.29 is 4.79 Å². The van der Waals surface area contributed by atoms with Crippen LogP contribution in [-0.4, -0.2) is 44.4 Å². The summed E-state index contributed by atoms with van der Waals surface area (Å²) in [4.78, 5) is 22.7. The molecular formula is C12H14ClN7O. The van der Waals surface area contributed by atoms with Crippen LogP contribution in [0.3, 0.4) is 0 Å². The Hall–Kier alpha value is -2.22. The summed E-state index contributed by atoms with van der Waals surface area (Å²) < 4.78 is 0. The van der Waals surface area contributed by atoms with Crippen molar-refractivity contribution in [1.29, 1.82) is 0 Å². The van der Waals surface area contributed by atoms with E-state index < -0.39 is 0 Å². The zero-order valence-corrected chi connectivity index (χ0v) is 12.0. The Morgan fingerprint density at radius 2 is 2.19 bits per heavy atom. The molecule has 3 heterocycles. The van der Waals surface area contributed by atoms with Gasteiger partial charge in [0.05, 0.1) is 24.0 Å². The fraction of sp³-hybridized carbons (Fsp3) is 0.417. The van der Waals surface area contributed by atoms with E-state index in [1.54, 1.807) is 0 Å². The van der Waals surface area contributed by atoms with Gasteiger partial charge in [-0.2, -0.15) is 15.4 Å². The Labute approximate surface area is 125 Å². The Kier molecular flexibility index (Phi) is 3.96. The molecule has 0 atom stereocenters. The Morgan fingerprint density at radius 3 is 2.90 bits per heavy atom. The van der Waals surface area contributed by atoms with Crippen molar-refractivity contribution in [3.63, 3.8) is 0 Å². The first-order valence-corrected chi connectivity index (χ1v) is 7.02. The quantitative estimate of drug-likeness (QED) is 0.866. The van der Waals surface area contributed by atoms with Gasteiger partial charge in [-0.05, 0) is 12.8 Å². The number of nitrogens with one attached hydrogen (secondary N) is 2. The number of carbonyl (C=O) groups is 1. The minimum atomic E-state index is -0.356. The molecule has 1 amide bonds. The highest BCUT2D eigenvalue weighted by molar-refractivity contribution is 6.33. The predicted molar refractivity (Wildman–Crippen MR) is 76.0 cm³/mol. The van der Waals surface area contributed by atoms with E-state index >= 15 is 0 Å². The van der Waals surface area contributed by atoms with Crippen molar-refractivity contribution in [2.75, 3.05) is 18.0 Å². The summed E-state index contributed by atoms with van der Waals surface area (Å²) in [5, 5.41) is 12.9. The first-order valence-electron chi connectivity index (χ1n) is 6.64. The number of aromatic nitrogens is 5. The summed E-state index contributed by atoms with van der Waals surface area (Å²) in [5.41, 5.74) is 0.811. The predicted octanol–water partition coefficient (Wildman–Crippen LogP) is 0.778. The summed E-state index contributed by atoms with van der Waals surface area (Å²) in [6, 6.07) is 0. The molecule has 1 saturated heterocycles. The van der Waals surface area contributed by atoms with E-state index in [9.17, 15) is 4.79 Å². The minimum absolute atomic E-state index is 0.178. The topological polar surface area (TPSA) is 99.7 Å². The van der Waals surface area contributed by atoms with Gasteiger partial charge in [0.1, 0.15) is 5.69 Å². The smallest absolute Gasteiger partial charge is 0.271 e. The van der Waals surface area contributed by atoms with Crippen molar-refractivity contribution in [2.24, 2.45) is 0 Å². The van der Waals surface area contributed by atoms with Crippen molar-refractivity contribution in [3.8, 4) is 0 Å². The Morgan fingerprint density at radius 1 is 1.38 bits per heavy atom. The second-order valence-corrected chi connectivity index (χ2v) is 5.11. The van der Waals surface area contributed by atoms with Gasteiger partial charge in [-0.1, -0.05) is 11.6 Å². The maximum absolute atomic E-state index is 12.2. The number of amides is 1. The van der Waals surface area contributed by atoms with Gasteiger partial charge < -0.3 is 10.2 Å². The molecule has 0 saturated carbocycles. The van der Waals surface area contributed by atoms with Gasteiger partial charge in [0, 0.05) is 13.1 Å². The maximum atomic E-state index is 12.2. The molecule has 2 aromatic heterocycles. The van der Waals surface area contributed by atoms with E-state index in [0.717, 1.165) is 25.9 Å². The highest BCUT2D eigenvalue weighted by Crippen LogP contribution is 2.19.